The van der Waals surface area contributed by atoms with Crippen molar-refractivity contribution >= 4 is 77.4 Å². The van der Waals surface area contributed by atoms with Gasteiger partial charge in [0.1, 0.15) is 24.2 Å². The average Bonchev–Trinajstić information content (AvgIpc) is 3.13. The lowest BCUT2D eigenvalue weighted by Gasteiger charge is -2.28. The molecule has 0 aromatic heterocycles. The van der Waals surface area contributed by atoms with E-state index in [-0.39, 0.29) is 39.3 Å². The zero-order valence-electron chi connectivity index (χ0n) is 38.9. The lowest BCUT2D eigenvalue weighted by Crippen LogP contribution is -2.59. The van der Waals surface area contributed by atoms with Gasteiger partial charge in [-0.25, -0.2) is 0 Å². The van der Waals surface area contributed by atoms with Crippen LogP contribution in [0.5, 0.6) is 0 Å². The van der Waals surface area contributed by atoms with Gasteiger partial charge in [-0.2, -0.15) is 0 Å². The predicted molar refractivity (Wildman–Crippen MR) is 245 cm³/mol. The second-order valence-corrected chi connectivity index (χ2v) is 36.4. The molecular weight excluding hydrogens is 851 g/mol. The molecule has 0 aliphatic rings. The maximum atomic E-state index is 14.1. The smallest absolute Gasteiger partial charge is 0.308 e. The fourth-order valence-electron chi connectivity index (χ4n) is 5.38. The number of carbonyl (C=O) groups is 8. The highest BCUT2D eigenvalue weighted by atomic mass is 28.3. The summed E-state index contributed by atoms with van der Waals surface area (Å²) in [6.45, 7) is 23.7. The van der Waals surface area contributed by atoms with Crippen molar-refractivity contribution in [2.75, 3.05) is 25.1 Å². The van der Waals surface area contributed by atoms with Gasteiger partial charge in [-0.15, -0.1) is 0 Å². The summed E-state index contributed by atoms with van der Waals surface area (Å²) in [5, 5.41) is 22.3. The van der Waals surface area contributed by atoms with Crippen molar-refractivity contribution in [3.05, 3.63) is 29.8 Å². The molecule has 1 rings (SSSR count). The van der Waals surface area contributed by atoms with Gasteiger partial charge in [0.25, 0.3) is 0 Å². The minimum absolute atomic E-state index is 0.145. The molecule has 350 valence electrons. The lowest BCUT2D eigenvalue weighted by molar-refractivity contribution is -0.146. The number of amides is 5. The summed E-state index contributed by atoms with van der Waals surface area (Å²) in [5.41, 5.74) is 0.936. The van der Waals surface area contributed by atoms with E-state index in [9.17, 15) is 43.5 Å². The van der Waals surface area contributed by atoms with E-state index in [4.69, 9.17) is 14.2 Å². The number of nitrogens with one attached hydrogen (secondary N) is 5. The van der Waals surface area contributed by atoms with Crippen LogP contribution in [0.2, 0.25) is 77.1 Å². The number of carbonyl (C=O) groups excluding carboxylic acids is 8. The molecule has 0 aliphatic carbocycles. The molecule has 0 saturated heterocycles. The molecule has 5 amide bonds. The van der Waals surface area contributed by atoms with Crippen LogP contribution in [-0.4, -0.2) is 121 Å². The van der Waals surface area contributed by atoms with Crippen molar-refractivity contribution in [2.45, 2.75) is 154 Å². The van der Waals surface area contributed by atoms with E-state index in [1.54, 1.807) is 38.1 Å². The molecule has 0 spiro atoms. The third-order valence-electron chi connectivity index (χ3n) is 9.33. The molecule has 0 heterocycles. The van der Waals surface area contributed by atoms with Crippen molar-refractivity contribution in [3.63, 3.8) is 0 Å². The van der Waals surface area contributed by atoms with Crippen LogP contribution < -0.4 is 26.6 Å². The molecular formula is C42H73N5O12Si3. The Hall–Kier alpha value is -4.41. The Kier molecular flexibility index (Phi) is 23.6. The fourth-order valence-corrected chi connectivity index (χ4v) is 7.52. The van der Waals surface area contributed by atoms with Crippen LogP contribution in [0.25, 0.3) is 0 Å². The molecule has 20 heteroatoms. The first-order chi connectivity index (χ1) is 28.6. The molecule has 62 heavy (non-hydrogen) atoms. The summed E-state index contributed by atoms with van der Waals surface area (Å²) in [6, 6.07) is 2.73. The van der Waals surface area contributed by atoms with Gasteiger partial charge < -0.3 is 45.9 Å². The Morgan fingerprint density at radius 3 is 1.40 bits per heavy atom. The second kappa shape index (κ2) is 26.3. The first-order valence-corrected chi connectivity index (χ1v) is 32.4. The summed E-state index contributed by atoms with van der Waals surface area (Å²) in [4.78, 5) is 106. The highest BCUT2D eigenvalue weighted by Crippen LogP contribution is 2.15. The largest absolute Gasteiger partial charge is 0.466 e. The van der Waals surface area contributed by atoms with Gasteiger partial charge in [-0.3, -0.25) is 38.4 Å². The van der Waals surface area contributed by atoms with Crippen molar-refractivity contribution in [3.8, 4) is 0 Å². The highest BCUT2D eigenvalue weighted by Gasteiger charge is 2.35. The van der Waals surface area contributed by atoms with Crippen LogP contribution in [0.15, 0.2) is 24.3 Å². The van der Waals surface area contributed by atoms with E-state index in [1.165, 1.54) is 0 Å². The minimum Gasteiger partial charge on any atom is -0.466 e. The summed E-state index contributed by atoms with van der Waals surface area (Å²) in [6.07, 6.45) is -1.63. The van der Waals surface area contributed by atoms with E-state index in [0.29, 0.717) is 29.4 Å². The monoisotopic (exact) mass is 923 g/mol. The SMILES string of the molecule is CC(=O)N[C@@H](CC(=O)OCC[Si](C)(C)C)C(=O)N[C@H](CCC(=O)OCC[Si](C)(C)C)C(=O)N[C@H](C(=O)N[C@@H](CC(=O)OCC[Si](C)(C)C)C(=O)Nc1ccc(CO)cc1)C(C)C. The second-order valence-electron chi connectivity index (χ2n) is 19.5. The summed E-state index contributed by atoms with van der Waals surface area (Å²) < 4.78 is 16.2. The van der Waals surface area contributed by atoms with Gasteiger partial charge in [0.15, 0.2) is 0 Å². The zero-order chi connectivity index (χ0) is 47.4. The number of benzene rings is 1. The van der Waals surface area contributed by atoms with E-state index in [0.717, 1.165) is 6.92 Å². The minimum atomic E-state index is -1.56. The zero-order valence-corrected chi connectivity index (χ0v) is 41.9. The number of hydrogen-bond donors (Lipinski definition) is 6. The number of rotatable bonds is 27. The molecule has 1 aromatic carbocycles. The van der Waals surface area contributed by atoms with Gasteiger partial charge >= 0.3 is 17.9 Å². The number of aliphatic hydroxyl groups is 1. The molecule has 0 aliphatic heterocycles. The van der Waals surface area contributed by atoms with Crippen LogP contribution in [0.3, 0.4) is 0 Å². The van der Waals surface area contributed by atoms with Crippen molar-refractivity contribution in [2.24, 2.45) is 5.92 Å². The normalized spacial score (nSPS) is 13.7. The summed E-state index contributed by atoms with van der Waals surface area (Å²) >= 11 is 0. The third kappa shape index (κ3) is 24.9. The molecule has 0 radical (unpaired) electrons. The molecule has 0 saturated carbocycles. The summed E-state index contributed by atoms with van der Waals surface area (Å²) in [7, 11) is -4.65. The Bertz CT molecular complexity index is 1670. The topological polar surface area (TPSA) is 245 Å². The van der Waals surface area contributed by atoms with Crippen LogP contribution in [0, 0.1) is 5.92 Å². The first-order valence-electron chi connectivity index (χ1n) is 21.2. The Morgan fingerprint density at radius 2 is 0.984 bits per heavy atom. The predicted octanol–water partition coefficient (Wildman–Crippen LogP) is 3.94. The Balaban J connectivity index is 3.39. The number of esters is 3. The highest BCUT2D eigenvalue weighted by molar-refractivity contribution is 6.76. The quantitative estimate of drug-likeness (QED) is 0.0418. The molecule has 6 N–H and O–H groups in total. The van der Waals surface area contributed by atoms with E-state index >= 15 is 0 Å². The summed E-state index contributed by atoms with van der Waals surface area (Å²) in [5.74, 6) is -6.65. The first kappa shape index (κ1) is 55.6. The molecule has 4 atom stereocenters. The average molecular weight is 924 g/mol. The van der Waals surface area contributed by atoms with E-state index in [1.807, 2.05) is 0 Å². The van der Waals surface area contributed by atoms with Gasteiger partial charge in [-0.1, -0.05) is 84.9 Å². The number of ether oxygens (including phenoxy) is 3. The standard InChI is InChI=1S/C42H73N5O12Si3/c1-28(2)38(42(56)46-34(26-37(52)59-21-24-62(10,11)12)40(54)44-31-15-13-30(27-48)14-16-31)47-39(53)32(17-18-35(50)57-19-22-60(4,5)6)45-41(55)33(43-29(3)49)25-36(51)58-20-23-61(7,8)9/h13-16,28,32-34,38,48H,17-27H2,1-12H3,(H,43,49)(H,44,54)(H,45,55)(H,46,56)(H,47,53)/t32-,33+,34+,38+/m1/s1. The van der Waals surface area contributed by atoms with Crippen molar-refractivity contribution in [1.82, 2.24) is 21.3 Å². The molecule has 0 fully saturated rings. The van der Waals surface area contributed by atoms with Gasteiger partial charge in [0.05, 0.1) is 39.3 Å². The molecule has 17 nitrogen and oxygen atoms in total. The molecule has 0 bridgehead atoms. The van der Waals surface area contributed by atoms with Gasteiger partial charge in [-0.05, 0) is 48.2 Å². The van der Waals surface area contributed by atoms with Gasteiger partial charge in [0.2, 0.25) is 29.5 Å². The third-order valence-corrected chi connectivity index (χ3v) is 14.4. The van der Waals surface area contributed by atoms with Gasteiger partial charge in [0, 0.05) is 43.3 Å². The maximum Gasteiger partial charge on any atom is 0.308 e. The van der Waals surface area contributed by atoms with Crippen LogP contribution in [-0.2, 0) is 59.2 Å². The van der Waals surface area contributed by atoms with Crippen LogP contribution >= 0.6 is 0 Å². The number of anilines is 1. The molecule has 0 unspecified atom stereocenters. The Morgan fingerprint density at radius 1 is 0.565 bits per heavy atom. The van der Waals surface area contributed by atoms with Crippen LogP contribution in [0.4, 0.5) is 5.69 Å². The molecule has 1 aromatic rings. The number of hydrogen-bond acceptors (Lipinski definition) is 12. The van der Waals surface area contributed by atoms with E-state index in [2.05, 4.69) is 85.5 Å². The van der Waals surface area contributed by atoms with Crippen molar-refractivity contribution in [1.29, 1.82) is 0 Å². The van der Waals surface area contributed by atoms with E-state index < -0.39 is 115 Å². The maximum absolute atomic E-state index is 14.1. The van der Waals surface area contributed by atoms with Crippen molar-refractivity contribution < 1.29 is 57.7 Å². The fraction of sp³-hybridized carbons (Fsp3) is 0.667. The lowest BCUT2D eigenvalue weighted by atomic mass is 10.0. The van der Waals surface area contributed by atoms with Crippen LogP contribution in [0.1, 0.15) is 52.0 Å². The number of aliphatic hydroxyl groups excluding tert-OH is 1. The Labute approximate surface area is 370 Å².